The van der Waals surface area contributed by atoms with E-state index in [0.29, 0.717) is 6.08 Å². The van der Waals surface area contributed by atoms with Gasteiger partial charge in [-0.25, -0.2) is 4.79 Å². The number of nitrogens with two attached hydrogens (primary N) is 1. The first-order valence-electron chi connectivity index (χ1n) is 1.97. The Labute approximate surface area is 50.4 Å². The van der Waals surface area contributed by atoms with Crippen LogP contribution in [0.3, 0.4) is 0 Å². The fourth-order valence-corrected chi connectivity index (χ4v) is 0.196. The highest BCUT2D eigenvalue weighted by Gasteiger charge is 2.03. The summed E-state index contributed by atoms with van der Waals surface area (Å²) in [5.74, 6) is -3.62. The van der Waals surface area contributed by atoms with Gasteiger partial charge in [0.15, 0.2) is 0 Å². The number of primary amides is 1. The first-order valence-corrected chi connectivity index (χ1v) is 1.97. The van der Waals surface area contributed by atoms with Gasteiger partial charge in [0.2, 0.25) is 11.7 Å². The lowest BCUT2D eigenvalue weighted by Gasteiger charge is -1.86. The molecule has 0 aliphatic heterocycles. The summed E-state index contributed by atoms with van der Waals surface area (Å²) in [5, 5.41) is 16.2. The number of carboxylic acids is 1. The second-order valence-corrected chi connectivity index (χ2v) is 1.24. The molecule has 0 aromatic carbocycles. The normalized spacial score (nSPS) is 10.9. The number of hydrogen-bond donors (Lipinski definition) is 3. The fourth-order valence-electron chi connectivity index (χ4n) is 0.196. The molecule has 0 rings (SSSR count). The Morgan fingerprint density at radius 2 is 1.78 bits per heavy atom. The first-order chi connectivity index (χ1) is 4.04. The second kappa shape index (κ2) is 2.71. The van der Waals surface area contributed by atoms with E-state index in [-0.39, 0.29) is 0 Å². The Bertz CT molecular complexity index is 171. The van der Waals surface area contributed by atoms with Gasteiger partial charge < -0.3 is 15.9 Å². The average Bonchev–Trinajstić information content (AvgIpc) is 1.63. The third kappa shape index (κ3) is 3.10. The molecule has 0 unspecified atom stereocenters. The molecule has 0 fully saturated rings. The smallest absolute Gasteiger partial charge is 0.371 e. The summed E-state index contributed by atoms with van der Waals surface area (Å²) in [6, 6.07) is 0. The molecular formula is C4H5NO4. The van der Waals surface area contributed by atoms with Crippen LogP contribution < -0.4 is 5.73 Å². The molecule has 4 N–H and O–H groups in total. The van der Waals surface area contributed by atoms with Crippen molar-refractivity contribution >= 4 is 11.9 Å². The summed E-state index contributed by atoms with van der Waals surface area (Å²) in [5.41, 5.74) is 4.49. The molecule has 0 bridgehead atoms. The van der Waals surface area contributed by atoms with Crippen molar-refractivity contribution in [3.63, 3.8) is 0 Å². The van der Waals surface area contributed by atoms with Gasteiger partial charge in [-0.3, -0.25) is 4.79 Å². The van der Waals surface area contributed by atoms with Crippen molar-refractivity contribution in [3.8, 4) is 0 Å². The minimum atomic E-state index is -1.58. The lowest BCUT2D eigenvalue weighted by atomic mass is 10.4. The Balaban J connectivity index is 4.17. The lowest BCUT2D eigenvalue weighted by molar-refractivity contribution is -0.135. The summed E-state index contributed by atoms with van der Waals surface area (Å²) in [4.78, 5) is 19.5. The molecule has 0 atom stereocenters. The van der Waals surface area contributed by atoms with Crippen molar-refractivity contribution in [2.45, 2.75) is 0 Å². The molecule has 1 amide bonds. The van der Waals surface area contributed by atoms with Crippen molar-refractivity contribution in [3.05, 3.63) is 11.8 Å². The van der Waals surface area contributed by atoms with Crippen LogP contribution in [0.5, 0.6) is 0 Å². The number of amides is 1. The number of carbonyl (C=O) groups is 2. The zero-order valence-corrected chi connectivity index (χ0v) is 4.37. The van der Waals surface area contributed by atoms with E-state index in [9.17, 15) is 9.59 Å². The zero-order chi connectivity index (χ0) is 7.44. The molecular weight excluding hydrogens is 126 g/mol. The molecule has 0 spiro atoms. The molecule has 9 heavy (non-hydrogen) atoms. The van der Waals surface area contributed by atoms with Crippen LogP contribution in [0.25, 0.3) is 0 Å². The van der Waals surface area contributed by atoms with Crippen LogP contribution in [0.2, 0.25) is 0 Å². The second-order valence-electron chi connectivity index (χ2n) is 1.24. The van der Waals surface area contributed by atoms with E-state index >= 15 is 0 Å². The van der Waals surface area contributed by atoms with Gasteiger partial charge in [-0.05, 0) is 0 Å². The molecule has 0 aliphatic carbocycles. The van der Waals surface area contributed by atoms with E-state index in [4.69, 9.17) is 10.2 Å². The van der Waals surface area contributed by atoms with Crippen molar-refractivity contribution < 1.29 is 19.8 Å². The van der Waals surface area contributed by atoms with Gasteiger partial charge in [-0.2, -0.15) is 0 Å². The van der Waals surface area contributed by atoms with Crippen molar-refractivity contribution in [1.82, 2.24) is 0 Å². The Morgan fingerprint density at radius 1 is 1.33 bits per heavy atom. The maximum Gasteiger partial charge on any atom is 0.371 e. The fraction of sp³-hybridized carbons (Fsp3) is 0. The average molecular weight is 131 g/mol. The van der Waals surface area contributed by atoms with E-state index in [1.807, 2.05) is 0 Å². The predicted octanol–water partition coefficient (Wildman–Crippen LogP) is -1.00. The third-order valence-corrected chi connectivity index (χ3v) is 0.498. The van der Waals surface area contributed by atoms with Gasteiger partial charge in [-0.15, -0.1) is 0 Å². The van der Waals surface area contributed by atoms with Crippen molar-refractivity contribution in [2.75, 3.05) is 0 Å². The molecule has 5 nitrogen and oxygen atoms in total. The highest BCUT2D eigenvalue weighted by molar-refractivity contribution is 5.95. The SMILES string of the molecule is NC(=O)/C=C(\O)C(=O)O. The maximum atomic E-state index is 9.84. The summed E-state index contributed by atoms with van der Waals surface area (Å²) >= 11 is 0. The van der Waals surface area contributed by atoms with Gasteiger partial charge in [0.1, 0.15) is 0 Å². The first kappa shape index (κ1) is 7.48. The number of hydrogen-bond acceptors (Lipinski definition) is 3. The highest BCUT2D eigenvalue weighted by atomic mass is 16.4. The Hall–Kier alpha value is -1.52. The summed E-state index contributed by atoms with van der Waals surface area (Å²) < 4.78 is 0. The maximum absolute atomic E-state index is 9.84. The number of aliphatic carboxylic acids is 1. The molecule has 5 heteroatoms. The minimum absolute atomic E-state index is 0.419. The summed E-state index contributed by atoms with van der Waals surface area (Å²) in [6.45, 7) is 0. The molecule has 0 heterocycles. The third-order valence-electron chi connectivity index (χ3n) is 0.498. The van der Waals surface area contributed by atoms with Gasteiger partial charge in [-0.1, -0.05) is 0 Å². The van der Waals surface area contributed by atoms with Crippen molar-refractivity contribution in [1.29, 1.82) is 0 Å². The van der Waals surface area contributed by atoms with Crippen LogP contribution in [-0.4, -0.2) is 22.1 Å². The lowest BCUT2D eigenvalue weighted by Crippen LogP contribution is -2.10. The van der Waals surface area contributed by atoms with E-state index in [0.717, 1.165) is 0 Å². The van der Waals surface area contributed by atoms with E-state index in [1.165, 1.54) is 0 Å². The van der Waals surface area contributed by atoms with Gasteiger partial charge in [0.25, 0.3) is 0 Å². The zero-order valence-electron chi connectivity index (χ0n) is 4.37. The van der Waals surface area contributed by atoms with Crippen LogP contribution in [0, 0.1) is 0 Å². The largest absolute Gasteiger partial charge is 0.502 e. The molecule has 0 saturated carbocycles. The standard InChI is InChI=1S/C4H5NO4/c5-3(7)1-2(6)4(8)9/h1,6H,(H2,5,7)(H,8,9)/b2-1-. The Kier molecular flexibility index (Phi) is 2.25. The number of carbonyl (C=O) groups excluding carboxylic acids is 1. The molecule has 0 aromatic rings. The number of aliphatic hydroxyl groups is 1. The number of aliphatic hydroxyl groups excluding tert-OH is 1. The van der Waals surface area contributed by atoms with Gasteiger partial charge >= 0.3 is 5.97 Å². The van der Waals surface area contributed by atoms with Crippen molar-refractivity contribution in [2.24, 2.45) is 5.73 Å². The quantitative estimate of drug-likeness (QED) is 0.330. The molecule has 0 radical (unpaired) electrons. The molecule has 0 saturated heterocycles. The topological polar surface area (TPSA) is 101 Å². The van der Waals surface area contributed by atoms with Crippen LogP contribution in [0.1, 0.15) is 0 Å². The highest BCUT2D eigenvalue weighted by Crippen LogP contribution is 1.84. The Morgan fingerprint density at radius 3 is 1.89 bits per heavy atom. The van der Waals surface area contributed by atoms with Gasteiger partial charge in [0, 0.05) is 0 Å². The van der Waals surface area contributed by atoms with Crippen LogP contribution in [0.4, 0.5) is 0 Å². The predicted molar refractivity (Wildman–Crippen MR) is 27.5 cm³/mol. The van der Waals surface area contributed by atoms with E-state index < -0.39 is 17.6 Å². The molecule has 0 aromatic heterocycles. The van der Waals surface area contributed by atoms with E-state index in [1.54, 1.807) is 0 Å². The molecule has 50 valence electrons. The van der Waals surface area contributed by atoms with Crippen LogP contribution in [-0.2, 0) is 9.59 Å². The van der Waals surface area contributed by atoms with E-state index in [2.05, 4.69) is 5.73 Å². The molecule has 0 aliphatic rings. The minimum Gasteiger partial charge on any atom is -0.502 e. The van der Waals surface area contributed by atoms with Crippen LogP contribution >= 0.6 is 0 Å². The number of carboxylic acid groups (broad SMARTS) is 1. The van der Waals surface area contributed by atoms with Gasteiger partial charge in [0.05, 0.1) is 6.08 Å². The summed E-state index contributed by atoms with van der Waals surface area (Å²) in [7, 11) is 0. The van der Waals surface area contributed by atoms with Crippen LogP contribution in [0.15, 0.2) is 11.8 Å². The monoisotopic (exact) mass is 131 g/mol. The number of rotatable bonds is 2. The summed E-state index contributed by atoms with van der Waals surface area (Å²) in [6.07, 6.45) is 0.419.